The molecule has 0 saturated heterocycles. The van der Waals surface area contributed by atoms with Crippen LogP contribution in [0, 0.1) is 0 Å². The molecule has 0 radical (unpaired) electrons. The second-order valence-electron chi connectivity index (χ2n) is 4.58. The summed E-state index contributed by atoms with van der Waals surface area (Å²) in [7, 11) is 0. The largest absolute Gasteiger partial charge is 0.368 e. The summed E-state index contributed by atoms with van der Waals surface area (Å²) in [6, 6.07) is 2.02. The van der Waals surface area contributed by atoms with Gasteiger partial charge in [-0.2, -0.15) is 0 Å². The number of hydrogen-bond donors (Lipinski definition) is 1. The molecule has 1 aromatic rings. The smallest absolute Gasteiger partial charge is 0.246 e. The second kappa shape index (κ2) is 7.26. The lowest BCUT2D eigenvalue weighted by Crippen LogP contribution is -2.29. The van der Waals surface area contributed by atoms with Gasteiger partial charge in [-0.15, -0.1) is 11.3 Å². The number of thiophene rings is 1. The minimum absolute atomic E-state index is 0.0231. The lowest BCUT2D eigenvalue weighted by molar-refractivity contribution is -0.128. The van der Waals surface area contributed by atoms with E-state index in [1.54, 1.807) is 11.3 Å². The van der Waals surface area contributed by atoms with Crippen LogP contribution >= 0.6 is 27.3 Å². The van der Waals surface area contributed by atoms with Gasteiger partial charge in [0.15, 0.2) is 0 Å². The van der Waals surface area contributed by atoms with Gasteiger partial charge in [-0.1, -0.05) is 19.3 Å². The van der Waals surface area contributed by atoms with E-state index in [0.717, 1.165) is 22.2 Å². The van der Waals surface area contributed by atoms with Gasteiger partial charge in [-0.3, -0.25) is 4.79 Å². The molecule has 3 nitrogen and oxygen atoms in total. The third-order valence-electron chi connectivity index (χ3n) is 3.08. The molecule has 1 amide bonds. The predicted octanol–water partition coefficient (Wildman–Crippen LogP) is 3.48. The van der Waals surface area contributed by atoms with Crippen LogP contribution in [0.3, 0.4) is 0 Å². The van der Waals surface area contributed by atoms with E-state index in [1.807, 2.05) is 11.4 Å². The molecular weight excluding hydrogens is 314 g/mol. The van der Waals surface area contributed by atoms with E-state index in [2.05, 4.69) is 21.2 Å². The zero-order valence-corrected chi connectivity index (χ0v) is 12.7. The summed E-state index contributed by atoms with van der Waals surface area (Å²) in [6.45, 7) is 0.778. The molecule has 1 aliphatic carbocycles. The van der Waals surface area contributed by atoms with E-state index in [9.17, 15) is 4.79 Å². The standard InChI is InChI=1S/C13H18BrNO2S/c14-10-6-12(18-9-10)7-15-13(16)8-17-11-4-2-1-3-5-11/h6,9,11H,1-5,7-8H2,(H,15,16). The van der Waals surface area contributed by atoms with Crippen LogP contribution in [0.25, 0.3) is 0 Å². The molecule has 0 unspecified atom stereocenters. The SMILES string of the molecule is O=C(COC1CCCCC1)NCc1cc(Br)cs1. The molecule has 0 aliphatic heterocycles. The van der Waals surface area contributed by atoms with Crippen molar-refractivity contribution >= 4 is 33.2 Å². The van der Waals surface area contributed by atoms with Crippen molar-refractivity contribution in [2.45, 2.75) is 44.8 Å². The molecule has 1 heterocycles. The third kappa shape index (κ3) is 4.71. The van der Waals surface area contributed by atoms with Crippen molar-refractivity contribution in [1.82, 2.24) is 5.32 Å². The van der Waals surface area contributed by atoms with Gasteiger partial charge in [0.2, 0.25) is 5.91 Å². The molecule has 2 rings (SSSR count). The van der Waals surface area contributed by atoms with Crippen molar-refractivity contribution in [1.29, 1.82) is 0 Å². The molecule has 1 N–H and O–H groups in total. The van der Waals surface area contributed by atoms with Crippen molar-refractivity contribution < 1.29 is 9.53 Å². The summed E-state index contributed by atoms with van der Waals surface area (Å²) < 4.78 is 6.69. The molecule has 1 saturated carbocycles. The summed E-state index contributed by atoms with van der Waals surface area (Å²) in [6.07, 6.45) is 6.26. The zero-order valence-electron chi connectivity index (χ0n) is 10.3. The van der Waals surface area contributed by atoms with Crippen LogP contribution in [0.15, 0.2) is 15.9 Å². The van der Waals surface area contributed by atoms with Crippen molar-refractivity contribution in [3.63, 3.8) is 0 Å². The van der Waals surface area contributed by atoms with Crippen LogP contribution in [0.5, 0.6) is 0 Å². The summed E-state index contributed by atoms with van der Waals surface area (Å²) >= 11 is 5.03. The van der Waals surface area contributed by atoms with Gasteiger partial charge in [-0.25, -0.2) is 0 Å². The molecule has 100 valence electrons. The van der Waals surface area contributed by atoms with Crippen molar-refractivity contribution in [2.75, 3.05) is 6.61 Å². The highest BCUT2D eigenvalue weighted by Crippen LogP contribution is 2.20. The van der Waals surface area contributed by atoms with Crippen LogP contribution in [-0.2, 0) is 16.1 Å². The second-order valence-corrected chi connectivity index (χ2v) is 6.49. The van der Waals surface area contributed by atoms with Crippen LogP contribution in [0.2, 0.25) is 0 Å². The van der Waals surface area contributed by atoms with Crippen LogP contribution in [0.4, 0.5) is 0 Å². The summed E-state index contributed by atoms with van der Waals surface area (Å²) in [5.74, 6) is -0.0231. The van der Waals surface area contributed by atoms with Gasteiger partial charge in [0.25, 0.3) is 0 Å². The first-order valence-corrected chi connectivity index (χ1v) is 8.02. The fourth-order valence-corrected chi connectivity index (χ4v) is 3.50. The molecular formula is C13H18BrNO2S. The molecule has 5 heteroatoms. The quantitative estimate of drug-likeness (QED) is 0.897. The van der Waals surface area contributed by atoms with Gasteiger partial charge in [-0.05, 0) is 34.8 Å². The Morgan fingerprint density at radius 1 is 1.44 bits per heavy atom. The maximum atomic E-state index is 11.6. The number of carbonyl (C=O) groups is 1. The average Bonchev–Trinajstić information content (AvgIpc) is 2.81. The van der Waals surface area contributed by atoms with Crippen molar-refractivity contribution in [2.24, 2.45) is 0 Å². The Kier molecular flexibility index (Phi) is 5.66. The molecule has 18 heavy (non-hydrogen) atoms. The van der Waals surface area contributed by atoms with Gasteiger partial charge < -0.3 is 10.1 Å². The molecule has 0 bridgehead atoms. The highest BCUT2D eigenvalue weighted by Gasteiger charge is 2.15. The van der Waals surface area contributed by atoms with E-state index >= 15 is 0 Å². The van der Waals surface area contributed by atoms with Crippen LogP contribution in [0.1, 0.15) is 37.0 Å². The number of rotatable bonds is 5. The molecule has 1 aromatic heterocycles. The Bertz CT molecular complexity index is 388. The number of hydrogen-bond acceptors (Lipinski definition) is 3. The monoisotopic (exact) mass is 331 g/mol. The average molecular weight is 332 g/mol. The minimum atomic E-state index is -0.0231. The highest BCUT2D eigenvalue weighted by atomic mass is 79.9. The lowest BCUT2D eigenvalue weighted by atomic mass is 9.98. The normalized spacial score (nSPS) is 16.7. The third-order valence-corrected chi connectivity index (χ3v) is 4.78. The van der Waals surface area contributed by atoms with E-state index in [0.29, 0.717) is 12.6 Å². The van der Waals surface area contributed by atoms with E-state index in [4.69, 9.17) is 4.74 Å². The minimum Gasteiger partial charge on any atom is -0.368 e. The topological polar surface area (TPSA) is 38.3 Å². The van der Waals surface area contributed by atoms with Gasteiger partial charge >= 0.3 is 0 Å². The Balaban J connectivity index is 1.62. The Hall–Kier alpha value is -0.390. The number of carbonyl (C=O) groups excluding carboxylic acids is 1. The summed E-state index contributed by atoms with van der Waals surface area (Å²) in [4.78, 5) is 12.8. The number of ether oxygens (including phenoxy) is 1. The maximum absolute atomic E-state index is 11.6. The van der Waals surface area contributed by atoms with Crippen LogP contribution < -0.4 is 5.32 Å². The van der Waals surface area contributed by atoms with E-state index < -0.39 is 0 Å². The molecule has 1 fully saturated rings. The molecule has 0 atom stereocenters. The Morgan fingerprint density at radius 3 is 2.89 bits per heavy atom. The number of halogens is 1. The number of nitrogens with one attached hydrogen (secondary N) is 1. The summed E-state index contributed by atoms with van der Waals surface area (Å²) in [5.41, 5.74) is 0. The lowest BCUT2D eigenvalue weighted by Gasteiger charge is -2.21. The van der Waals surface area contributed by atoms with Gasteiger partial charge in [0.1, 0.15) is 6.61 Å². The van der Waals surface area contributed by atoms with Crippen molar-refractivity contribution in [3.8, 4) is 0 Å². The molecule has 0 spiro atoms. The fourth-order valence-electron chi connectivity index (χ4n) is 2.11. The fraction of sp³-hybridized carbons (Fsp3) is 0.615. The predicted molar refractivity (Wildman–Crippen MR) is 76.7 cm³/mol. The Labute approximate surface area is 120 Å². The highest BCUT2D eigenvalue weighted by molar-refractivity contribution is 9.10. The Morgan fingerprint density at radius 2 is 2.22 bits per heavy atom. The van der Waals surface area contributed by atoms with Crippen LogP contribution in [-0.4, -0.2) is 18.6 Å². The maximum Gasteiger partial charge on any atom is 0.246 e. The zero-order chi connectivity index (χ0) is 12.8. The molecule has 1 aliphatic rings. The molecule has 0 aromatic carbocycles. The first kappa shape index (κ1) is 14.0. The van der Waals surface area contributed by atoms with E-state index in [1.165, 1.54) is 19.3 Å². The first-order chi connectivity index (χ1) is 8.74. The number of amides is 1. The van der Waals surface area contributed by atoms with Gasteiger partial charge in [0, 0.05) is 14.7 Å². The first-order valence-electron chi connectivity index (χ1n) is 6.35. The van der Waals surface area contributed by atoms with Gasteiger partial charge in [0.05, 0.1) is 12.6 Å². The van der Waals surface area contributed by atoms with Crippen molar-refractivity contribution in [3.05, 3.63) is 20.8 Å². The summed E-state index contributed by atoms with van der Waals surface area (Å²) in [5, 5.41) is 4.89. The van der Waals surface area contributed by atoms with E-state index in [-0.39, 0.29) is 12.5 Å².